The Morgan fingerprint density at radius 3 is 2.47 bits per heavy atom. The lowest BCUT2D eigenvalue weighted by atomic mass is 9.95. The van der Waals surface area contributed by atoms with E-state index < -0.39 is 18.0 Å². The average Bonchev–Trinajstić information content (AvgIpc) is 3.61. The molecule has 12 heteroatoms. The van der Waals surface area contributed by atoms with Crippen molar-refractivity contribution >= 4 is 45.3 Å². The van der Waals surface area contributed by atoms with E-state index in [1.807, 2.05) is 60.8 Å². The third-order valence-corrected chi connectivity index (χ3v) is 8.95. The fraction of sp³-hybridized carbons (Fsp3) is 0.171. The summed E-state index contributed by atoms with van der Waals surface area (Å²) in [4.78, 5) is 44.5. The van der Waals surface area contributed by atoms with Crippen molar-refractivity contribution in [3.63, 3.8) is 0 Å². The van der Waals surface area contributed by atoms with Gasteiger partial charge in [-0.05, 0) is 61.9 Å². The van der Waals surface area contributed by atoms with Crippen LogP contribution in [0.1, 0.15) is 37.9 Å². The topological polar surface area (TPSA) is 114 Å². The zero-order valence-electron chi connectivity index (χ0n) is 25.9. The Labute approximate surface area is 282 Å². The van der Waals surface area contributed by atoms with Crippen LogP contribution in [0.15, 0.2) is 105 Å². The van der Waals surface area contributed by atoms with Crippen molar-refractivity contribution < 1.29 is 23.8 Å². The van der Waals surface area contributed by atoms with Crippen LogP contribution in [0.4, 0.5) is 0 Å². The second-order valence-corrected chi connectivity index (χ2v) is 12.5. The third kappa shape index (κ3) is 6.34. The van der Waals surface area contributed by atoms with Crippen molar-refractivity contribution in [1.82, 2.24) is 14.3 Å². The Bertz CT molecular complexity index is 2220. The lowest BCUT2D eigenvalue weighted by Gasteiger charge is -2.25. The number of carbonyl (C=O) groups excluding carboxylic acids is 2. The van der Waals surface area contributed by atoms with Gasteiger partial charge in [0.1, 0.15) is 0 Å². The van der Waals surface area contributed by atoms with Gasteiger partial charge in [-0.2, -0.15) is 5.10 Å². The predicted molar refractivity (Wildman–Crippen MR) is 181 cm³/mol. The van der Waals surface area contributed by atoms with Crippen molar-refractivity contribution in [2.24, 2.45) is 4.99 Å². The zero-order valence-corrected chi connectivity index (χ0v) is 28.3. The molecule has 1 aliphatic heterocycles. The quantitative estimate of drug-likeness (QED) is 0.158. The SMILES string of the molecule is CCOC(=O)C1=C(C)N=c2s/c(=C\c3cn(-c4ccccc4)nc3-c3ccc(Br)cc3)c(=O)n2[C@@H]1c1ccc(OC(C)=O)c(OC)c1. The summed E-state index contributed by atoms with van der Waals surface area (Å²) in [5.74, 6) is -0.613. The number of halogens is 1. The number of methoxy groups -OCH3 is 1. The first-order valence-corrected chi connectivity index (χ1v) is 16.3. The lowest BCUT2D eigenvalue weighted by Crippen LogP contribution is -2.40. The van der Waals surface area contributed by atoms with Gasteiger partial charge in [-0.25, -0.2) is 14.5 Å². The summed E-state index contributed by atoms with van der Waals surface area (Å²) >= 11 is 4.71. The van der Waals surface area contributed by atoms with Crippen LogP contribution in [-0.4, -0.2) is 40.0 Å². The van der Waals surface area contributed by atoms with E-state index in [-0.39, 0.29) is 29.2 Å². The molecule has 0 aliphatic carbocycles. The first kappa shape index (κ1) is 31.9. The van der Waals surface area contributed by atoms with Gasteiger partial charge in [-0.3, -0.25) is 14.2 Å². The molecular formula is C35H29BrN4O6S. The highest BCUT2D eigenvalue weighted by atomic mass is 79.9. The number of fused-ring (bicyclic) bond motifs is 1. The van der Waals surface area contributed by atoms with Crippen molar-refractivity contribution in [3.8, 4) is 28.4 Å². The monoisotopic (exact) mass is 712 g/mol. The van der Waals surface area contributed by atoms with Gasteiger partial charge in [0.2, 0.25) is 0 Å². The number of carbonyl (C=O) groups is 2. The zero-order chi connectivity index (χ0) is 33.2. The third-order valence-electron chi connectivity index (χ3n) is 7.44. The Morgan fingerprint density at radius 1 is 1.04 bits per heavy atom. The highest BCUT2D eigenvalue weighted by Crippen LogP contribution is 2.36. The number of aromatic nitrogens is 3. The summed E-state index contributed by atoms with van der Waals surface area (Å²) in [7, 11) is 1.45. The molecule has 0 unspecified atom stereocenters. The van der Waals surface area contributed by atoms with Gasteiger partial charge in [0.15, 0.2) is 16.3 Å². The number of ether oxygens (including phenoxy) is 3. The maximum absolute atomic E-state index is 14.3. The van der Waals surface area contributed by atoms with Crippen molar-refractivity contribution in [2.75, 3.05) is 13.7 Å². The molecule has 6 rings (SSSR count). The van der Waals surface area contributed by atoms with Crippen LogP contribution in [0.5, 0.6) is 11.5 Å². The largest absolute Gasteiger partial charge is 0.493 e. The van der Waals surface area contributed by atoms with E-state index in [1.54, 1.807) is 42.8 Å². The predicted octanol–water partition coefficient (Wildman–Crippen LogP) is 5.35. The summed E-state index contributed by atoms with van der Waals surface area (Å²) in [6.45, 7) is 4.87. The fourth-order valence-electron chi connectivity index (χ4n) is 5.38. The number of benzene rings is 3. The number of esters is 2. The van der Waals surface area contributed by atoms with Gasteiger partial charge in [-0.1, -0.05) is 63.7 Å². The number of nitrogens with zero attached hydrogens (tertiary/aromatic N) is 4. The minimum absolute atomic E-state index is 0.145. The van der Waals surface area contributed by atoms with E-state index in [0.717, 1.165) is 21.3 Å². The molecule has 2 aromatic heterocycles. The molecule has 0 amide bonds. The first-order valence-electron chi connectivity index (χ1n) is 14.7. The molecule has 0 saturated carbocycles. The van der Waals surface area contributed by atoms with Crippen molar-refractivity contribution in [1.29, 1.82) is 0 Å². The molecule has 0 bridgehead atoms. The second kappa shape index (κ2) is 13.3. The Balaban J connectivity index is 1.56. The highest BCUT2D eigenvalue weighted by Gasteiger charge is 2.34. The molecule has 0 fully saturated rings. The Morgan fingerprint density at radius 2 is 1.79 bits per heavy atom. The molecule has 0 saturated heterocycles. The summed E-state index contributed by atoms with van der Waals surface area (Å²) in [6.07, 6.45) is 3.69. The maximum atomic E-state index is 14.3. The van der Waals surface area contributed by atoms with Gasteiger partial charge in [0.25, 0.3) is 5.56 Å². The number of thiazole rings is 1. The van der Waals surface area contributed by atoms with Gasteiger partial charge < -0.3 is 14.2 Å². The first-order chi connectivity index (χ1) is 22.7. The molecule has 3 aromatic carbocycles. The Hall–Kier alpha value is -5.07. The van der Waals surface area contributed by atoms with E-state index in [9.17, 15) is 14.4 Å². The van der Waals surface area contributed by atoms with Gasteiger partial charge >= 0.3 is 11.9 Å². The van der Waals surface area contributed by atoms with Crippen LogP contribution in [0.2, 0.25) is 0 Å². The molecule has 238 valence electrons. The second-order valence-electron chi connectivity index (χ2n) is 10.5. The summed E-state index contributed by atoms with van der Waals surface area (Å²) < 4.78 is 20.8. The molecule has 0 radical (unpaired) electrons. The lowest BCUT2D eigenvalue weighted by molar-refractivity contribution is -0.139. The maximum Gasteiger partial charge on any atom is 0.338 e. The van der Waals surface area contributed by atoms with Crippen molar-refractivity contribution in [2.45, 2.75) is 26.8 Å². The number of hydrogen-bond acceptors (Lipinski definition) is 9. The van der Waals surface area contributed by atoms with Crippen LogP contribution in [0.3, 0.4) is 0 Å². The van der Waals surface area contributed by atoms with Crippen molar-refractivity contribution in [3.05, 3.63) is 126 Å². The number of rotatable bonds is 8. The fourth-order valence-corrected chi connectivity index (χ4v) is 6.68. The normalized spacial score (nSPS) is 14.4. The highest BCUT2D eigenvalue weighted by molar-refractivity contribution is 9.10. The van der Waals surface area contributed by atoms with Crippen LogP contribution < -0.4 is 24.4 Å². The van der Waals surface area contributed by atoms with Crippen LogP contribution >= 0.6 is 27.3 Å². The number of para-hydroxylation sites is 1. The van der Waals surface area contributed by atoms with Crippen LogP contribution in [0, 0.1) is 0 Å². The Kier molecular flexibility index (Phi) is 9.06. The van der Waals surface area contributed by atoms with Gasteiger partial charge in [0, 0.05) is 28.7 Å². The molecule has 3 heterocycles. The van der Waals surface area contributed by atoms with E-state index in [2.05, 4.69) is 20.9 Å². The molecule has 5 aromatic rings. The molecular weight excluding hydrogens is 684 g/mol. The molecule has 1 aliphatic rings. The van der Waals surface area contributed by atoms with E-state index >= 15 is 0 Å². The molecule has 47 heavy (non-hydrogen) atoms. The number of allylic oxidation sites excluding steroid dienone is 1. The number of hydrogen-bond donors (Lipinski definition) is 0. The van der Waals surface area contributed by atoms with E-state index in [1.165, 1.54) is 29.9 Å². The molecule has 10 nitrogen and oxygen atoms in total. The minimum Gasteiger partial charge on any atom is -0.493 e. The van der Waals surface area contributed by atoms with E-state index in [4.69, 9.17) is 19.3 Å². The molecule has 0 N–H and O–H groups in total. The van der Waals surface area contributed by atoms with Crippen LogP contribution in [-0.2, 0) is 14.3 Å². The summed E-state index contributed by atoms with van der Waals surface area (Å²) in [5, 5.41) is 4.89. The van der Waals surface area contributed by atoms with E-state index in [0.29, 0.717) is 26.3 Å². The van der Waals surface area contributed by atoms with Gasteiger partial charge in [-0.15, -0.1) is 0 Å². The summed E-state index contributed by atoms with van der Waals surface area (Å²) in [6, 6.07) is 21.5. The molecule has 0 spiro atoms. The molecule has 1 atom stereocenters. The average molecular weight is 714 g/mol. The smallest absolute Gasteiger partial charge is 0.338 e. The standard InChI is InChI=1S/C35H29BrN4O6S/c1-5-45-34(43)30-20(2)37-35-40(32(30)23-13-16-27(46-21(3)41)28(17-23)44-4)33(42)29(47-35)18-24-19-39(26-9-7-6-8-10-26)38-31(24)22-11-14-25(36)15-12-22/h6-19,32H,5H2,1-4H3/b29-18-/t32-/m1/s1. The van der Waals surface area contributed by atoms with Crippen LogP contribution in [0.25, 0.3) is 23.0 Å². The minimum atomic E-state index is -0.884. The van der Waals surface area contributed by atoms with Gasteiger partial charge in [0.05, 0.1) is 46.9 Å². The summed E-state index contributed by atoms with van der Waals surface area (Å²) in [5.41, 5.74) is 4.02.